The zero-order valence-electron chi connectivity index (χ0n) is 16.5. The molecule has 10 heteroatoms. The molecule has 1 fully saturated rings. The summed E-state index contributed by atoms with van der Waals surface area (Å²) in [5.41, 5.74) is -0.269. The molecule has 2 heterocycles. The third-order valence-corrected chi connectivity index (χ3v) is 4.96. The van der Waals surface area contributed by atoms with Crippen LogP contribution < -0.4 is 10.2 Å². The number of halogens is 3. The number of nitrogens with one attached hydrogen (secondary N) is 1. The Hall–Kier alpha value is -3.40. The number of piperazine rings is 1. The molecule has 3 aromatic rings. The van der Waals surface area contributed by atoms with Crippen LogP contribution in [0.3, 0.4) is 0 Å². The molecule has 1 aliphatic rings. The van der Waals surface area contributed by atoms with Gasteiger partial charge in [-0.05, 0) is 29.4 Å². The van der Waals surface area contributed by atoms with E-state index >= 15 is 0 Å². The standard InChI is InChI=1S/C21H20F3N5O2/c22-21(23,24)16-8-4-5-9-17(16)25-18(30)14-28-10-12-29(13-11-28)20-26-19(31-27-20)15-6-2-1-3-7-15/h1-9H,10-14H2,(H,25,30). The quantitative estimate of drug-likeness (QED) is 0.667. The molecule has 0 bridgehead atoms. The van der Waals surface area contributed by atoms with Gasteiger partial charge in [0.05, 0.1) is 17.8 Å². The largest absolute Gasteiger partial charge is 0.418 e. The van der Waals surface area contributed by atoms with Crippen LogP contribution >= 0.6 is 0 Å². The summed E-state index contributed by atoms with van der Waals surface area (Å²) in [7, 11) is 0. The van der Waals surface area contributed by atoms with Crippen molar-refractivity contribution in [3.05, 3.63) is 60.2 Å². The maximum Gasteiger partial charge on any atom is 0.418 e. The normalized spacial score (nSPS) is 15.1. The lowest BCUT2D eigenvalue weighted by molar-refractivity contribution is -0.137. The van der Waals surface area contributed by atoms with Crippen molar-refractivity contribution in [2.24, 2.45) is 0 Å². The highest BCUT2D eigenvalue weighted by atomic mass is 19.4. The predicted octanol–water partition coefficient (Wildman–Crippen LogP) is 3.52. The Bertz CT molecular complexity index is 1030. The molecule has 1 N–H and O–H groups in total. The van der Waals surface area contributed by atoms with Gasteiger partial charge >= 0.3 is 6.18 Å². The van der Waals surface area contributed by atoms with E-state index in [4.69, 9.17) is 4.52 Å². The molecular weight excluding hydrogens is 411 g/mol. The van der Waals surface area contributed by atoms with E-state index in [1.165, 1.54) is 18.2 Å². The highest BCUT2D eigenvalue weighted by Gasteiger charge is 2.33. The Morgan fingerprint density at radius 1 is 1.00 bits per heavy atom. The van der Waals surface area contributed by atoms with E-state index in [-0.39, 0.29) is 12.2 Å². The minimum Gasteiger partial charge on any atom is -0.336 e. The van der Waals surface area contributed by atoms with E-state index < -0.39 is 17.6 Å². The number of rotatable bonds is 5. The van der Waals surface area contributed by atoms with Crippen molar-refractivity contribution in [2.45, 2.75) is 6.18 Å². The average Bonchev–Trinajstić information content (AvgIpc) is 3.25. The summed E-state index contributed by atoms with van der Waals surface area (Å²) in [6.07, 6.45) is -4.53. The summed E-state index contributed by atoms with van der Waals surface area (Å²) in [6.45, 7) is 2.23. The third-order valence-electron chi connectivity index (χ3n) is 4.96. The number of hydrogen-bond donors (Lipinski definition) is 1. The molecule has 1 aliphatic heterocycles. The van der Waals surface area contributed by atoms with Crippen LogP contribution in [-0.2, 0) is 11.0 Å². The van der Waals surface area contributed by atoms with E-state index in [0.29, 0.717) is 38.0 Å². The molecule has 7 nitrogen and oxygen atoms in total. The van der Waals surface area contributed by atoms with Crippen LogP contribution in [0.1, 0.15) is 5.56 Å². The van der Waals surface area contributed by atoms with Crippen molar-refractivity contribution in [2.75, 3.05) is 42.9 Å². The molecule has 162 valence electrons. The third kappa shape index (κ3) is 5.02. The lowest BCUT2D eigenvalue weighted by Crippen LogP contribution is -2.49. The fourth-order valence-corrected chi connectivity index (χ4v) is 3.38. The second kappa shape index (κ2) is 8.76. The number of anilines is 2. The topological polar surface area (TPSA) is 74.5 Å². The number of carbonyl (C=O) groups excluding carboxylic acids is 1. The number of aromatic nitrogens is 2. The van der Waals surface area contributed by atoms with E-state index in [9.17, 15) is 18.0 Å². The highest BCUT2D eigenvalue weighted by Crippen LogP contribution is 2.34. The summed E-state index contributed by atoms with van der Waals surface area (Å²) in [5, 5.41) is 6.40. The van der Waals surface area contributed by atoms with Crippen LogP contribution in [-0.4, -0.2) is 53.7 Å². The zero-order chi connectivity index (χ0) is 21.8. The molecule has 4 rings (SSSR count). The molecule has 0 unspecified atom stereocenters. The Labute approximate surface area is 176 Å². The highest BCUT2D eigenvalue weighted by molar-refractivity contribution is 5.93. The van der Waals surface area contributed by atoms with Gasteiger partial charge in [0.15, 0.2) is 0 Å². The van der Waals surface area contributed by atoms with Gasteiger partial charge < -0.3 is 14.7 Å². The molecule has 0 spiro atoms. The molecule has 1 aromatic heterocycles. The molecule has 1 amide bonds. The fourth-order valence-electron chi connectivity index (χ4n) is 3.38. The van der Waals surface area contributed by atoms with Gasteiger partial charge in [-0.3, -0.25) is 9.69 Å². The number of benzene rings is 2. The molecule has 0 aliphatic carbocycles. The maximum atomic E-state index is 13.1. The molecule has 1 saturated heterocycles. The Balaban J connectivity index is 1.31. The van der Waals surface area contributed by atoms with Gasteiger partial charge in [-0.15, -0.1) is 0 Å². The number of alkyl halides is 3. The summed E-state index contributed by atoms with van der Waals surface area (Å²) in [5.74, 6) is 0.416. The fraction of sp³-hybridized carbons (Fsp3) is 0.286. The van der Waals surface area contributed by atoms with E-state index in [1.54, 1.807) is 0 Å². The van der Waals surface area contributed by atoms with Crippen molar-refractivity contribution in [3.63, 3.8) is 0 Å². The van der Waals surface area contributed by atoms with Gasteiger partial charge in [-0.1, -0.05) is 30.3 Å². The number of carbonyl (C=O) groups is 1. The molecule has 0 radical (unpaired) electrons. The van der Waals surface area contributed by atoms with Crippen molar-refractivity contribution in [1.82, 2.24) is 15.0 Å². The van der Waals surface area contributed by atoms with Gasteiger partial charge in [-0.2, -0.15) is 18.2 Å². The lowest BCUT2D eigenvalue weighted by Gasteiger charge is -2.33. The Morgan fingerprint density at radius 3 is 2.39 bits per heavy atom. The first kappa shape index (κ1) is 20.9. The monoisotopic (exact) mass is 431 g/mol. The van der Waals surface area contributed by atoms with Crippen LogP contribution in [0.25, 0.3) is 11.5 Å². The minimum atomic E-state index is -4.53. The Kier molecular flexibility index (Phi) is 5.90. The van der Waals surface area contributed by atoms with Crippen LogP contribution in [0.15, 0.2) is 59.1 Å². The van der Waals surface area contributed by atoms with Gasteiger partial charge in [0.2, 0.25) is 5.91 Å². The van der Waals surface area contributed by atoms with Crippen LogP contribution in [0.5, 0.6) is 0 Å². The first-order valence-electron chi connectivity index (χ1n) is 9.72. The molecule has 2 aromatic carbocycles. The second-order valence-corrected chi connectivity index (χ2v) is 7.12. The van der Waals surface area contributed by atoms with E-state index in [1.807, 2.05) is 40.1 Å². The SMILES string of the molecule is O=C(CN1CCN(c2noc(-c3ccccc3)n2)CC1)Nc1ccccc1C(F)(F)F. The van der Waals surface area contributed by atoms with Gasteiger partial charge in [0, 0.05) is 31.7 Å². The average molecular weight is 431 g/mol. The van der Waals surface area contributed by atoms with Crippen molar-refractivity contribution >= 4 is 17.5 Å². The van der Waals surface area contributed by atoms with Gasteiger partial charge in [0.1, 0.15) is 0 Å². The van der Waals surface area contributed by atoms with Gasteiger partial charge in [0.25, 0.3) is 11.8 Å². The van der Waals surface area contributed by atoms with E-state index in [2.05, 4.69) is 15.5 Å². The lowest BCUT2D eigenvalue weighted by atomic mass is 10.1. The zero-order valence-corrected chi connectivity index (χ0v) is 16.5. The number of hydrogen-bond acceptors (Lipinski definition) is 6. The molecule has 0 saturated carbocycles. The summed E-state index contributed by atoms with van der Waals surface area (Å²) in [6, 6.07) is 14.4. The number of para-hydroxylation sites is 1. The molecular formula is C21H20F3N5O2. The van der Waals surface area contributed by atoms with Crippen LogP contribution in [0, 0.1) is 0 Å². The smallest absolute Gasteiger partial charge is 0.336 e. The van der Waals surface area contributed by atoms with Crippen molar-refractivity contribution in [3.8, 4) is 11.5 Å². The van der Waals surface area contributed by atoms with Gasteiger partial charge in [-0.25, -0.2) is 0 Å². The maximum absolute atomic E-state index is 13.1. The van der Waals surface area contributed by atoms with Crippen molar-refractivity contribution < 1.29 is 22.5 Å². The van der Waals surface area contributed by atoms with Crippen LogP contribution in [0.2, 0.25) is 0 Å². The van der Waals surface area contributed by atoms with E-state index in [0.717, 1.165) is 11.6 Å². The Morgan fingerprint density at radius 2 is 1.68 bits per heavy atom. The van der Waals surface area contributed by atoms with Crippen LogP contribution in [0.4, 0.5) is 24.8 Å². The predicted molar refractivity (Wildman–Crippen MR) is 108 cm³/mol. The molecule has 0 atom stereocenters. The number of nitrogens with zero attached hydrogens (tertiary/aromatic N) is 4. The summed E-state index contributed by atoms with van der Waals surface area (Å²) in [4.78, 5) is 20.5. The first-order chi connectivity index (χ1) is 14.9. The van der Waals surface area contributed by atoms with Crippen molar-refractivity contribution in [1.29, 1.82) is 0 Å². The number of amides is 1. The summed E-state index contributed by atoms with van der Waals surface area (Å²) < 4.78 is 44.6. The summed E-state index contributed by atoms with van der Waals surface area (Å²) >= 11 is 0. The minimum absolute atomic E-state index is 0.00153. The first-order valence-corrected chi connectivity index (χ1v) is 9.72. The molecule has 31 heavy (non-hydrogen) atoms. The second-order valence-electron chi connectivity index (χ2n) is 7.12.